The van der Waals surface area contributed by atoms with E-state index in [9.17, 15) is 5.11 Å². The van der Waals surface area contributed by atoms with Crippen molar-refractivity contribution in [1.82, 2.24) is 19.6 Å². The molecule has 0 aromatic carbocycles. The smallest absolute Gasteiger partial charge is 0.124 e. The first-order valence-electron chi connectivity index (χ1n) is 5.82. The molecule has 0 aliphatic rings. The molecule has 0 bridgehead atoms. The molecular weight excluding hydrogens is 216 g/mol. The van der Waals surface area contributed by atoms with E-state index in [4.69, 9.17) is 0 Å². The third-order valence-electron chi connectivity index (χ3n) is 2.74. The number of hydrogen-bond donors (Lipinski definition) is 1. The van der Waals surface area contributed by atoms with Crippen LogP contribution in [0.3, 0.4) is 0 Å². The lowest BCUT2D eigenvalue weighted by Crippen LogP contribution is -2.06. The molecule has 0 aliphatic heterocycles. The minimum absolute atomic E-state index is 0.660. The van der Waals surface area contributed by atoms with Gasteiger partial charge in [0.25, 0.3) is 0 Å². The molecule has 2 aromatic heterocycles. The fourth-order valence-electron chi connectivity index (χ4n) is 1.93. The molecule has 0 saturated heterocycles. The number of aromatic nitrogens is 4. The second-order valence-corrected chi connectivity index (χ2v) is 4.27. The molecule has 0 spiro atoms. The molecule has 5 nitrogen and oxygen atoms in total. The van der Waals surface area contributed by atoms with E-state index in [2.05, 4.69) is 17.1 Å². The van der Waals surface area contributed by atoms with E-state index in [0.29, 0.717) is 0 Å². The minimum Gasteiger partial charge on any atom is -0.382 e. The molecule has 0 amide bonds. The molecule has 0 saturated carbocycles. The Morgan fingerprint density at radius 3 is 2.82 bits per heavy atom. The Kier molecular flexibility index (Phi) is 3.28. The molecule has 2 heterocycles. The maximum atomic E-state index is 10.3. The predicted molar refractivity (Wildman–Crippen MR) is 64.5 cm³/mol. The van der Waals surface area contributed by atoms with Crippen molar-refractivity contribution in [2.75, 3.05) is 0 Å². The summed E-state index contributed by atoms with van der Waals surface area (Å²) in [5, 5.41) is 18.7. The lowest BCUT2D eigenvalue weighted by atomic mass is 10.1. The van der Waals surface area contributed by atoms with E-state index in [1.807, 2.05) is 30.9 Å². The molecule has 92 valence electrons. The maximum Gasteiger partial charge on any atom is 0.124 e. The van der Waals surface area contributed by atoms with Crippen LogP contribution in [-0.2, 0) is 13.6 Å². The molecule has 0 aliphatic carbocycles. The molecule has 1 N–H and O–H groups in total. The number of hydrogen-bond acceptors (Lipinski definition) is 3. The van der Waals surface area contributed by atoms with Gasteiger partial charge in [-0.25, -0.2) is 0 Å². The van der Waals surface area contributed by atoms with E-state index >= 15 is 0 Å². The highest BCUT2D eigenvalue weighted by Gasteiger charge is 2.16. The first kappa shape index (κ1) is 11.9. The molecular formula is C12H18N4O. The van der Waals surface area contributed by atoms with E-state index in [1.54, 1.807) is 10.9 Å². The van der Waals surface area contributed by atoms with Crippen LogP contribution in [0.2, 0.25) is 0 Å². The topological polar surface area (TPSA) is 55.9 Å². The Balaban J connectivity index is 2.24. The van der Waals surface area contributed by atoms with Gasteiger partial charge in [-0.3, -0.25) is 9.36 Å². The highest BCUT2D eigenvalue weighted by atomic mass is 16.3. The summed E-state index contributed by atoms with van der Waals surface area (Å²) in [6.07, 6.45) is 3.97. The zero-order valence-electron chi connectivity index (χ0n) is 10.5. The molecule has 1 unspecified atom stereocenters. The van der Waals surface area contributed by atoms with Crippen LogP contribution in [0.15, 0.2) is 18.5 Å². The highest BCUT2D eigenvalue weighted by Crippen LogP contribution is 2.21. The third kappa shape index (κ3) is 2.39. The monoisotopic (exact) mass is 234 g/mol. The Morgan fingerprint density at radius 1 is 1.47 bits per heavy atom. The summed E-state index contributed by atoms with van der Waals surface area (Å²) in [5.41, 5.74) is 2.50. The summed E-state index contributed by atoms with van der Waals surface area (Å²) >= 11 is 0. The van der Waals surface area contributed by atoms with Crippen LogP contribution in [0.5, 0.6) is 0 Å². The highest BCUT2D eigenvalue weighted by molar-refractivity contribution is 5.22. The molecule has 1 atom stereocenters. The van der Waals surface area contributed by atoms with Crippen LogP contribution in [0, 0.1) is 6.92 Å². The SMILES string of the molecule is CCCn1cc(C(O)c2cc(C)nn2C)cn1. The summed E-state index contributed by atoms with van der Waals surface area (Å²) in [6.45, 7) is 4.89. The van der Waals surface area contributed by atoms with Crippen LogP contribution in [-0.4, -0.2) is 24.7 Å². The van der Waals surface area contributed by atoms with E-state index < -0.39 is 6.10 Å². The van der Waals surface area contributed by atoms with Crippen molar-refractivity contribution in [1.29, 1.82) is 0 Å². The zero-order valence-corrected chi connectivity index (χ0v) is 10.5. The summed E-state index contributed by atoms with van der Waals surface area (Å²) < 4.78 is 3.55. The summed E-state index contributed by atoms with van der Waals surface area (Å²) in [4.78, 5) is 0. The number of aliphatic hydroxyl groups is 1. The van der Waals surface area contributed by atoms with Gasteiger partial charge in [0.1, 0.15) is 6.10 Å². The summed E-state index contributed by atoms with van der Waals surface area (Å²) in [7, 11) is 1.84. The van der Waals surface area contributed by atoms with Crippen molar-refractivity contribution in [3.63, 3.8) is 0 Å². The molecule has 5 heteroatoms. The molecule has 2 aromatic rings. The van der Waals surface area contributed by atoms with Crippen LogP contribution >= 0.6 is 0 Å². The normalized spacial score (nSPS) is 12.9. The van der Waals surface area contributed by atoms with Crippen molar-refractivity contribution in [3.05, 3.63) is 35.4 Å². The first-order valence-corrected chi connectivity index (χ1v) is 5.82. The van der Waals surface area contributed by atoms with Gasteiger partial charge in [0.2, 0.25) is 0 Å². The fraction of sp³-hybridized carbons (Fsp3) is 0.500. The number of aliphatic hydroxyl groups excluding tert-OH is 1. The Morgan fingerprint density at radius 2 is 2.24 bits per heavy atom. The van der Waals surface area contributed by atoms with Crippen LogP contribution in [0.1, 0.15) is 36.4 Å². The van der Waals surface area contributed by atoms with Gasteiger partial charge in [-0.05, 0) is 19.4 Å². The van der Waals surface area contributed by atoms with Gasteiger partial charge in [0.05, 0.1) is 17.6 Å². The van der Waals surface area contributed by atoms with Gasteiger partial charge in [0.15, 0.2) is 0 Å². The van der Waals surface area contributed by atoms with E-state index in [0.717, 1.165) is 29.9 Å². The van der Waals surface area contributed by atoms with Crippen LogP contribution in [0.4, 0.5) is 0 Å². The second-order valence-electron chi connectivity index (χ2n) is 4.27. The Bertz CT molecular complexity index is 500. The number of rotatable bonds is 4. The summed E-state index contributed by atoms with van der Waals surface area (Å²) in [5.74, 6) is 0. The number of aryl methyl sites for hydroxylation is 3. The third-order valence-corrected chi connectivity index (χ3v) is 2.74. The van der Waals surface area contributed by atoms with Crippen LogP contribution in [0.25, 0.3) is 0 Å². The van der Waals surface area contributed by atoms with Crippen LogP contribution < -0.4 is 0 Å². The zero-order chi connectivity index (χ0) is 12.4. The van der Waals surface area contributed by atoms with E-state index in [1.165, 1.54) is 0 Å². The average Bonchev–Trinajstić information content (AvgIpc) is 2.85. The molecule has 17 heavy (non-hydrogen) atoms. The average molecular weight is 234 g/mol. The Labute approximate surface area is 101 Å². The van der Waals surface area contributed by atoms with Gasteiger partial charge < -0.3 is 5.11 Å². The predicted octanol–water partition coefficient (Wildman–Crippen LogP) is 1.42. The molecule has 0 fully saturated rings. The molecule has 2 rings (SSSR count). The van der Waals surface area contributed by atoms with Gasteiger partial charge in [-0.1, -0.05) is 6.92 Å². The van der Waals surface area contributed by atoms with E-state index in [-0.39, 0.29) is 0 Å². The van der Waals surface area contributed by atoms with Crippen molar-refractivity contribution < 1.29 is 5.11 Å². The fourth-order valence-corrected chi connectivity index (χ4v) is 1.93. The van der Waals surface area contributed by atoms with Gasteiger partial charge in [-0.15, -0.1) is 0 Å². The quantitative estimate of drug-likeness (QED) is 0.870. The van der Waals surface area contributed by atoms with Gasteiger partial charge in [-0.2, -0.15) is 10.2 Å². The van der Waals surface area contributed by atoms with Crippen molar-refractivity contribution in [2.45, 2.75) is 32.9 Å². The lowest BCUT2D eigenvalue weighted by molar-refractivity contribution is 0.209. The van der Waals surface area contributed by atoms with Gasteiger partial charge >= 0.3 is 0 Å². The van der Waals surface area contributed by atoms with Crippen molar-refractivity contribution in [2.24, 2.45) is 7.05 Å². The van der Waals surface area contributed by atoms with Crippen molar-refractivity contribution >= 4 is 0 Å². The van der Waals surface area contributed by atoms with Crippen molar-refractivity contribution in [3.8, 4) is 0 Å². The second kappa shape index (κ2) is 4.71. The van der Waals surface area contributed by atoms with Gasteiger partial charge in [0, 0.05) is 25.4 Å². The standard InChI is InChI=1S/C12H18N4O/c1-4-5-16-8-10(7-13-16)12(17)11-6-9(2)14-15(11)3/h6-8,12,17H,4-5H2,1-3H3. The minimum atomic E-state index is -0.660. The largest absolute Gasteiger partial charge is 0.382 e. The maximum absolute atomic E-state index is 10.3. The first-order chi connectivity index (χ1) is 8.11. The number of nitrogens with zero attached hydrogens (tertiary/aromatic N) is 4. The molecule has 0 radical (unpaired) electrons. The lowest BCUT2D eigenvalue weighted by Gasteiger charge is -2.08. The Hall–Kier alpha value is -1.62. The summed E-state index contributed by atoms with van der Waals surface area (Å²) in [6, 6.07) is 1.89.